The van der Waals surface area contributed by atoms with Crippen LogP contribution in [0.4, 0.5) is 8.78 Å². The minimum atomic E-state index is -0.896. The predicted octanol–water partition coefficient (Wildman–Crippen LogP) is 2.30. The van der Waals surface area contributed by atoms with Gasteiger partial charge >= 0.3 is 0 Å². The molecule has 1 rings (SSSR count). The third-order valence-electron chi connectivity index (χ3n) is 2.73. The maximum absolute atomic E-state index is 13.1. The lowest BCUT2D eigenvalue weighted by Crippen LogP contribution is -2.55. The lowest BCUT2D eigenvalue weighted by molar-refractivity contribution is -0.122. The summed E-state index contributed by atoms with van der Waals surface area (Å²) in [6.07, 6.45) is 0.874. The highest BCUT2D eigenvalue weighted by Crippen LogP contribution is 2.24. The van der Waals surface area contributed by atoms with Crippen LogP contribution in [0.5, 0.6) is 0 Å². The molecule has 0 saturated carbocycles. The van der Waals surface area contributed by atoms with E-state index < -0.39 is 23.1 Å². The number of carbonyl (C=O) groups is 1. The molecular weight excluding hydrogens is 270 g/mol. The molecule has 0 radical (unpaired) electrons. The minimum absolute atomic E-state index is 0.355. The van der Waals surface area contributed by atoms with Crippen LogP contribution in [-0.4, -0.2) is 23.7 Å². The summed E-state index contributed by atoms with van der Waals surface area (Å²) in [5.41, 5.74) is 4.51. The highest BCUT2D eigenvalue weighted by molar-refractivity contribution is 7.99. The van der Waals surface area contributed by atoms with Crippen LogP contribution in [0.2, 0.25) is 0 Å². The molecule has 1 amide bonds. The zero-order chi connectivity index (χ0) is 14.5. The number of nitrogens with one attached hydrogen (secondary N) is 1. The van der Waals surface area contributed by atoms with Gasteiger partial charge in [-0.1, -0.05) is 6.92 Å². The van der Waals surface area contributed by atoms with E-state index in [1.54, 1.807) is 6.92 Å². The third kappa shape index (κ3) is 4.47. The molecule has 6 heteroatoms. The Bertz CT molecular complexity index is 456. The van der Waals surface area contributed by atoms with Crippen molar-refractivity contribution in [1.29, 1.82) is 0 Å². The summed E-state index contributed by atoms with van der Waals surface area (Å²) in [4.78, 5) is 12.0. The zero-order valence-corrected chi connectivity index (χ0v) is 11.8. The quantitative estimate of drug-likeness (QED) is 0.757. The van der Waals surface area contributed by atoms with Gasteiger partial charge in [0.25, 0.3) is 0 Å². The van der Waals surface area contributed by atoms with E-state index in [0.29, 0.717) is 17.2 Å². The molecule has 0 saturated heterocycles. The average molecular weight is 288 g/mol. The topological polar surface area (TPSA) is 55.1 Å². The molecule has 3 nitrogen and oxygen atoms in total. The van der Waals surface area contributed by atoms with Crippen LogP contribution in [0, 0.1) is 11.6 Å². The van der Waals surface area contributed by atoms with Gasteiger partial charge in [0.2, 0.25) is 5.91 Å². The number of hydrogen-bond donors (Lipinski definition) is 2. The summed E-state index contributed by atoms with van der Waals surface area (Å²) in [6, 6.07) is 3.66. The number of hydrogen-bond acceptors (Lipinski definition) is 3. The van der Waals surface area contributed by atoms with Crippen LogP contribution in [0.3, 0.4) is 0 Å². The normalized spacial score (nSPS) is 14.1. The molecule has 106 valence electrons. The Balaban J connectivity index is 2.70. The molecule has 0 spiro atoms. The van der Waals surface area contributed by atoms with Gasteiger partial charge in [-0.2, -0.15) is 0 Å². The maximum Gasteiger partial charge on any atom is 0.238 e. The number of rotatable bonds is 7. The van der Waals surface area contributed by atoms with Crippen LogP contribution in [0.25, 0.3) is 0 Å². The highest BCUT2D eigenvalue weighted by Gasteiger charge is 2.30. The first-order valence-corrected chi connectivity index (χ1v) is 7.00. The number of nitrogens with two attached hydrogens (primary N) is 1. The molecule has 1 aromatic carbocycles. The molecule has 0 aromatic heterocycles. The molecule has 1 unspecified atom stereocenters. The van der Waals surface area contributed by atoms with Crippen molar-refractivity contribution in [2.45, 2.75) is 30.7 Å². The number of primary amides is 1. The van der Waals surface area contributed by atoms with Gasteiger partial charge in [-0.25, -0.2) is 8.78 Å². The van der Waals surface area contributed by atoms with Gasteiger partial charge in [-0.3, -0.25) is 4.79 Å². The summed E-state index contributed by atoms with van der Waals surface area (Å²) >= 11 is 1.26. The Kier molecular flexibility index (Phi) is 5.75. The first kappa shape index (κ1) is 15.9. The van der Waals surface area contributed by atoms with Gasteiger partial charge in [0.15, 0.2) is 11.6 Å². The molecule has 0 aliphatic carbocycles. The first-order chi connectivity index (χ1) is 8.89. The third-order valence-corrected chi connectivity index (χ3v) is 4.04. The Hall–Kier alpha value is -1.14. The van der Waals surface area contributed by atoms with Crippen molar-refractivity contribution in [2.24, 2.45) is 5.73 Å². The molecule has 1 aromatic rings. The van der Waals surface area contributed by atoms with E-state index in [1.165, 1.54) is 17.8 Å². The number of benzene rings is 1. The largest absolute Gasteiger partial charge is 0.368 e. The summed E-state index contributed by atoms with van der Waals surface area (Å²) in [6.45, 7) is 4.35. The van der Waals surface area contributed by atoms with Crippen LogP contribution in [-0.2, 0) is 4.79 Å². The van der Waals surface area contributed by atoms with E-state index in [4.69, 9.17) is 5.73 Å². The second kappa shape index (κ2) is 6.86. The van der Waals surface area contributed by atoms with Crippen molar-refractivity contribution >= 4 is 17.7 Å². The van der Waals surface area contributed by atoms with Crippen molar-refractivity contribution < 1.29 is 13.6 Å². The van der Waals surface area contributed by atoms with Crippen LogP contribution in [0.15, 0.2) is 23.1 Å². The molecule has 0 heterocycles. The van der Waals surface area contributed by atoms with E-state index in [9.17, 15) is 13.6 Å². The SMILES string of the molecule is CCCNC(C)(CSc1ccc(F)c(F)c1)C(N)=O. The van der Waals surface area contributed by atoms with E-state index in [-0.39, 0.29) is 0 Å². The summed E-state index contributed by atoms with van der Waals surface area (Å²) < 4.78 is 25.9. The fraction of sp³-hybridized carbons (Fsp3) is 0.462. The lowest BCUT2D eigenvalue weighted by Gasteiger charge is -2.27. The standard InChI is InChI=1S/C13H18F2N2OS/c1-3-6-17-13(2,12(16)18)8-19-9-4-5-10(14)11(15)7-9/h4-5,7,17H,3,6,8H2,1-2H3,(H2,16,18). The molecular formula is C13H18F2N2OS. The number of halogens is 2. The Morgan fingerprint density at radius 2 is 2.11 bits per heavy atom. The lowest BCUT2D eigenvalue weighted by atomic mass is 10.1. The van der Waals surface area contributed by atoms with Crippen LogP contribution in [0.1, 0.15) is 20.3 Å². The van der Waals surface area contributed by atoms with Gasteiger partial charge in [-0.05, 0) is 38.1 Å². The minimum Gasteiger partial charge on any atom is -0.368 e. The van der Waals surface area contributed by atoms with Crippen LogP contribution < -0.4 is 11.1 Å². The predicted molar refractivity (Wildman–Crippen MR) is 73.0 cm³/mol. The van der Waals surface area contributed by atoms with Crippen molar-refractivity contribution in [3.05, 3.63) is 29.8 Å². The fourth-order valence-electron chi connectivity index (χ4n) is 1.40. The van der Waals surface area contributed by atoms with E-state index in [1.807, 2.05) is 6.92 Å². The number of amides is 1. The molecule has 0 fully saturated rings. The molecule has 3 N–H and O–H groups in total. The average Bonchev–Trinajstić information content (AvgIpc) is 2.37. The maximum atomic E-state index is 13.1. The molecule has 0 aliphatic rings. The number of carbonyl (C=O) groups excluding carboxylic acids is 1. The summed E-state index contributed by atoms with van der Waals surface area (Å²) in [5, 5.41) is 3.08. The number of thioether (sulfide) groups is 1. The second-order valence-corrected chi connectivity index (χ2v) is 5.54. The molecule has 1 atom stereocenters. The highest BCUT2D eigenvalue weighted by atomic mass is 32.2. The van der Waals surface area contributed by atoms with Gasteiger partial charge in [0.1, 0.15) is 5.54 Å². The molecule has 19 heavy (non-hydrogen) atoms. The smallest absolute Gasteiger partial charge is 0.238 e. The Morgan fingerprint density at radius 1 is 1.42 bits per heavy atom. The van der Waals surface area contributed by atoms with Crippen molar-refractivity contribution in [3.8, 4) is 0 Å². The monoisotopic (exact) mass is 288 g/mol. The zero-order valence-electron chi connectivity index (χ0n) is 11.0. The van der Waals surface area contributed by atoms with Gasteiger partial charge in [-0.15, -0.1) is 11.8 Å². The van der Waals surface area contributed by atoms with Gasteiger partial charge < -0.3 is 11.1 Å². The summed E-state index contributed by atoms with van der Waals surface area (Å²) in [7, 11) is 0. The Labute approximate surface area is 115 Å². The molecule has 0 bridgehead atoms. The van der Waals surface area contributed by atoms with Crippen molar-refractivity contribution in [3.63, 3.8) is 0 Å². The summed E-state index contributed by atoms with van der Waals surface area (Å²) in [5.74, 6) is -1.89. The first-order valence-electron chi connectivity index (χ1n) is 6.02. The van der Waals surface area contributed by atoms with Gasteiger partial charge in [0, 0.05) is 10.6 Å². The molecule has 0 aliphatic heterocycles. The second-order valence-electron chi connectivity index (χ2n) is 4.49. The van der Waals surface area contributed by atoms with Gasteiger partial charge in [0.05, 0.1) is 0 Å². The van der Waals surface area contributed by atoms with E-state index in [2.05, 4.69) is 5.32 Å². The van der Waals surface area contributed by atoms with E-state index in [0.717, 1.165) is 18.6 Å². The van der Waals surface area contributed by atoms with E-state index >= 15 is 0 Å². The van der Waals surface area contributed by atoms with Crippen LogP contribution >= 0.6 is 11.8 Å². The Morgan fingerprint density at radius 3 is 2.63 bits per heavy atom. The fourth-order valence-corrected chi connectivity index (χ4v) is 2.46. The van der Waals surface area contributed by atoms with Crippen molar-refractivity contribution in [2.75, 3.05) is 12.3 Å². The van der Waals surface area contributed by atoms with Crippen molar-refractivity contribution in [1.82, 2.24) is 5.32 Å².